The Morgan fingerprint density at radius 3 is 2.44 bits per heavy atom. The van der Waals surface area contributed by atoms with Gasteiger partial charge in [-0.3, -0.25) is 0 Å². The SMILES string of the molecule is CCCCC(CC)CC(NCC)c1cncnc1. The summed E-state index contributed by atoms with van der Waals surface area (Å²) in [5.74, 6) is 0.800. The summed E-state index contributed by atoms with van der Waals surface area (Å²) in [4.78, 5) is 8.26. The minimum Gasteiger partial charge on any atom is -0.310 e. The molecule has 0 spiro atoms. The van der Waals surface area contributed by atoms with Gasteiger partial charge in [-0.25, -0.2) is 9.97 Å². The first-order valence-electron chi connectivity index (χ1n) is 7.30. The molecular weight excluding hydrogens is 222 g/mol. The maximum absolute atomic E-state index is 4.13. The largest absolute Gasteiger partial charge is 0.310 e. The molecule has 0 aliphatic rings. The van der Waals surface area contributed by atoms with Crippen LogP contribution in [0.4, 0.5) is 0 Å². The van der Waals surface area contributed by atoms with E-state index < -0.39 is 0 Å². The summed E-state index contributed by atoms with van der Waals surface area (Å²) in [6.07, 6.45) is 11.9. The molecule has 0 fully saturated rings. The summed E-state index contributed by atoms with van der Waals surface area (Å²) in [7, 11) is 0. The van der Waals surface area contributed by atoms with Crippen molar-refractivity contribution in [3.8, 4) is 0 Å². The van der Waals surface area contributed by atoms with Gasteiger partial charge in [0.05, 0.1) is 0 Å². The van der Waals surface area contributed by atoms with Crippen LogP contribution in [0.25, 0.3) is 0 Å². The third-order valence-corrected chi connectivity index (χ3v) is 3.55. The Hall–Kier alpha value is -0.960. The third kappa shape index (κ3) is 5.13. The normalized spacial score (nSPS) is 14.4. The number of hydrogen-bond donors (Lipinski definition) is 1. The Kier molecular flexibility index (Phi) is 7.58. The van der Waals surface area contributed by atoms with E-state index in [-0.39, 0.29) is 0 Å². The number of aromatic nitrogens is 2. The lowest BCUT2D eigenvalue weighted by Gasteiger charge is -2.23. The summed E-state index contributed by atoms with van der Waals surface area (Å²) in [5, 5.41) is 3.56. The predicted molar refractivity (Wildman–Crippen MR) is 76.4 cm³/mol. The van der Waals surface area contributed by atoms with Crippen LogP contribution < -0.4 is 5.32 Å². The first kappa shape index (κ1) is 15.1. The Balaban J connectivity index is 2.61. The molecule has 2 atom stereocenters. The minimum absolute atomic E-state index is 0.401. The lowest BCUT2D eigenvalue weighted by molar-refractivity contribution is 0.356. The molecule has 1 N–H and O–H groups in total. The third-order valence-electron chi connectivity index (χ3n) is 3.55. The fraction of sp³-hybridized carbons (Fsp3) is 0.733. The van der Waals surface area contributed by atoms with Gasteiger partial charge in [0.1, 0.15) is 6.33 Å². The topological polar surface area (TPSA) is 37.8 Å². The van der Waals surface area contributed by atoms with E-state index in [2.05, 4.69) is 36.1 Å². The monoisotopic (exact) mass is 249 g/mol. The van der Waals surface area contributed by atoms with Crippen LogP contribution in [0.5, 0.6) is 0 Å². The van der Waals surface area contributed by atoms with Crippen LogP contribution in [0.3, 0.4) is 0 Å². The predicted octanol–water partition coefficient (Wildman–Crippen LogP) is 3.73. The van der Waals surface area contributed by atoms with Crippen LogP contribution in [0.2, 0.25) is 0 Å². The van der Waals surface area contributed by atoms with Gasteiger partial charge in [0.15, 0.2) is 0 Å². The van der Waals surface area contributed by atoms with Gasteiger partial charge >= 0.3 is 0 Å². The lowest BCUT2D eigenvalue weighted by Crippen LogP contribution is -2.23. The van der Waals surface area contributed by atoms with Gasteiger partial charge in [0.25, 0.3) is 0 Å². The molecule has 0 aliphatic heterocycles. The highest BCUT2D eigenvalue weighted by Gasteiger charge is 2.16. The number of rotatable bonds is 9. The molecule has 1 aromatic rings. The zero-order valence-corrected chi connectivity index (χ0v) is 12.0. The van der Waals surface area contributed by atoms with Crippen LogP contribution >= 0.6 is 0 Å². The Morgan fingerprint density at radius 2 is 1.89 bits per heavy atom. The van der Waals surface area contributed by atoms with Gasteiger partial charge in [-0.2, -0.15) is 0 Å². The molecule has 0 aliphatic carbocycles. The van der Waals surface area contributed by atoms with Crippen molar-refractivity contribution < 1.29 is 0 Å². The summed E-state index contributed by atoms with van der Waals surface area (Å²) < 4.78 is 0. The molecule has 3 heteroatoms. The van der Waals surface area contributed by atoms with E-state index in [1.165, 1.54) is 37.7 Å². The molecule has 1 rings (SSSR count). The van der Waals surface area contributed by atoms with Gasteiger partial charge in [-0.1, -0.05) is 46.5 Å². The van der Waals surface area contributed by atoms with E-state index in [1.54, 1.807) is 6.33 Å². The minimum atomic E-state index is 0.401. The molecular formula is C15H27N3. The van der Waals surface area contributed by atoms with Gasteiger partial charge in [-0.15, -0.1) is 0 Å². The number of hydrogen-bond acceptors (Lipinski definition) is 3. The average molecular weight is 249 g/mol. The highest BCUT2D eigenvalue weighted by atomic mass is 14.9. The second kappa shape index (κ2) is 9.03. The van der Waals surface area contributed by atoms with Crippen LogP contribution in [0, 0.1) is 5.92 Å². The molecule has 0 aromatic carbocycles. The second-order valence-electron chi connectivity index (χ2n) is 4.93. The second-order valence-corrected chi connectivity index (χ2v) is 4.93. The highest BCUT2D eigenvalue weighted by Crippen LogP contribution is 2.25. The first-order valence-corrected chi connectivity index (χ1v) is 7.30. The van der Waals surface area contributed by atoms with Crippen molar-refractivity contribution in [3.05, 3.63) is 24.3 Å². The van der Waals surface area contributed by atoms with Gasteiger partial charge in [0, 0.05) is 24.0 Å². The molecule has 0 radical (unpaired) electrons. The van der Waals surface area contributed by atoms with Crippen LogP contribution in [0.1, 0.15) is 64.5 Å². The van der Waals surface area contributed by atoms with Crippen molar-refractivity contribution in [1.82, 2.24) is 15.3 Å². The average Bonchev–Trinajstić information content (AvgIpc) is 2.43. The summed E-state index contributed by atoms with van der Waals surface area (Å²) in [6.45, 7) is 7.71. The van der Waals surface area contributed by atoms with Gasteiger partial charge < -0.3 is 5.32 Å². The molecule has 0 saturated heterocycles. The molecule has 0 saturated carbocycles. The van der Waals surface area contributed by atoms with Crippen molar-refractivity contribution in [1.29, 1.82) is 0 Å². The van der Waals surface area contributed by atoms with E-state index in [1.807, 2.05) is 12.4 Å². The van der Waals surface area contributed by atoms with Crippen molar-refractivity contribution >= 4 is 0 Å². The maximum Gasteiger partial charge on any atom is 0.115 e. The molecule has 0 amide bonds. The van der Waals surface area contributed by atoms with E-state index >= 15 is 0 Å². The number of nitrogens with zero attached hydrogens (tertiary/aromatic N) is 2. The van der Waals surface area contributed by atoms with Crippen LogP contribution in [-0.2, 0) is 0 Å². The molecule has 0 bridgehead atoms. The van der Waals surface area contributed by atoms with Crippen LogP contribution in [-0.4, -0.2) is 16.5 Å². The van der Waals surface area contributed by atoms with Crippen molar-refractivity contribution in [3.63, 3.8) is 0 Å². The van der Waals surface area contributed by atoms with E-state index in [0.717, 1.165) is 12.5 Å². The Bertz CT molecular complexity index is 300. The standard InChI is InChI=1S/C15H27N3/c1-4-7-8-13(5-2)9-15(18-6-3)14-10-16-12-17-11-14/h10-13,15,18H,4-9H2,1-3H3. The fourth-order valence-corrected chi connectivity index (χ4v) is 2.39. The molecule has 1 heterocycles. The molecule has 3 nitrogen and oxygen atoms in total. The Labute approximate surface area is 111 Å². The molecule has 102 valence electrons. The van der Waals surface area contributed by atoms with Gasteiger partial charge in [0.2, 0.25) is 0 Å². The van der Waals surface area contributed by atoms with Gasteiger partial charge in [-0.05, 0) is 18.9 Å². The summed E-state index contributed by atoms with van der Waals surface area (Å²) >= 11 is 0. The van der Waals surface area contributed by atoms with Crippen molar-refractivity contribution in [2.45, 2.75) is 58.9 Å². The molecule has 18 heavy (non-hydrogen) atoms. The van der Waals surface area contributed by atoms with E-state index in [9.17, 15) is 0 Å². The van der Waals surface area contributed by atoms with Crippen molar-refractivity contribution in [2.24, 2.45) is 5.92 Å². The first-order chi connectivity index (χ1) is 8.81. The molecule has 2 unspecified atom stereocenters. The smallest absolute Gasteiger partial charge is 0.115 e. The Morgan fingerprint density at radius 1 is 1.17 bits per heavy atom. The number of unbranched alkanes of at least 4 members (excludes halogenated alkanes) is 1. The maximum atomic E-state index is 4.13. The zero-order valence-electron chi connectivity index (χ0n) is 12.0. The summed E-state index contributed by atoms with van der Waals surface area (Å²) in [6, 6.07) is 0.401. The van der Waals surface area contributed by atoms with E-state index in [4.69, 9.17) is 0 Å². The van der Waals surface area contributed by atoms with Crippen LogP contribution in [0.15, 0.2) is 18.7 Å². The molecule has 1 aromatic heterocycles. The quantitative estimate of drug-likeness (QED) is 0.724. The lowest BCUT2D eigenvalue weighted by atomic mass is 9.90. The highest BCUT2D eigenvalue weighted by molar-refractivity contribution is 5.09. The van der Waals surface area contributed by atoms with Crippen molar-refractivity contribution in [2.75, 3.05) is 6.54 Å². The fourth-order valence-electron chi connectivity index (χ4n) is 2.39. The zero-order chi connectivity index (χ0) is 13.2. The summed E-state index contributed by atoms with van der Waals surface area (Å²) in [5.41, 5.74) is 1.22. The number of nitrogens with one attached hydrogen (secondary N) is 1. The van der Waals surface area contributed by atoms with E-state index in [0.29, 0.717) is 6.04 Å².